The highest BCUT2D eigenvalue weighted by atomic mass is 79.9. The van der Waals surface area contributed by atoms with Gasteiger partial charge in [0.1, 0.15) is 0 Å². The summed E-state index contributed by atoms with van der Waals surface area (Å²) in [5.74, 6) is 0. The second-order valence-electron chi connectivity index (χ2n) is 7.12. The molecule has 0 spiro atoms. The summed E-state index contributed by atoms with van der Waals surface area (Å²) < 4.78 is 45.8. The highest BCUT2D eigenvalue weighted by Gasteiger charge is 2.35. The highest BCUT2D eigenvalue weighted by molar-refractivity contribution is 9.10. The summed E-state index contributed by atoms with van der Waals surface area (Å²) >= 11 is 3.18. The van der Waals surface area contributed by atoms with Crippen molar-refractivity contribution in [2.24, 2.45) is 0 Å². The molecule has 146 valence electrons. The van der Waals surface area contributed by atoms with Crippen molar-refractivity contribution in [3.8, 4) is 0 Å². The van der Waals surface area contributed by atoms with Gasteiger partial charge in [0.05, 0.1) is 18.3 Å². The molecule has 0 amide bonds. The Bertz CT molecular complexity index is 758. The maximum atomic E-state index is 13.1. The van der Waals surface area contributed by atoms with Crippen LogP contribution >= 0.6 is 15.9 Å². The minimum absolute atomic E-state index is 0.111. The maximum absolute atomic E-state index is 13.1. The van der Waals surface area contributed by atoms with E-state index in [0.717, 1.165) is 32.0 Å². The predicted octanol–water partition coefficient (Wildman–Crippen LogP) is 5.87. The number of alkyl halides is 3. The zero-order valence-corrected chi connectivity index (χ0v) is 16.7. The van der Waals surface area contributed by atoms with Crippen LogP contribution in [0.1, 0.15) is 42.6 Å². The Morgan fingerprint density at radius 1 is 1.11 bits per heavy atom. The second-order valence-corrected chi connectivity index (χ2v) is 8.04. The van der Waals surface area contributed by atoms with Crippen LogP contribution in [0, 0.1) is 0 Å². The van der Waals surface area contributed by atoms with Gasteiger partial charge in [-0.25, -0.2) is 0 Å². The summed E-state index contributed by atoms with van der Waals surface area (Å²) in [7, 11) is 0. The molecule has 1 unspecified atom stereocenters. The van der Waals surface area contributed by atoms with Crippen LogP contribution in [0.4, 0.5) is 13.2 Å². The minimum Gasteiger partial charge on any atom is -0.373 e. The fourth-order valence-corrected chi connectivity index (χ4v) is 4.12. The number of benzene rings is 2. The van der Waals surface area contributed by atoms with Gasteiger partial charge < -0.3 is 10.1 Å². The van der Waals surface area contributed by atoms with E-state index in [1.807, 2.05) is 25.1 Å². The number of piperidine rings is 1. The quantitative estimate of drug-likeness (QED) is 0.626. The van der Waals surface area contributed by atoms with Crippen LogP contribution in [0.15, 0.2) is 53.0 Å². The van der Waals surface area contributed by atoms with Crippen molar-refractivity contribution < 1.29 is 17.9 Å². The van der Waals surface area contributed by atoms with Crippen LogP contribution in [0.25, 0.3) is 0 Å². The Morgan fingerprint density at radius 2 is 1.78 bits per heavy atom. The van der Waals surface area contributed by atoms with Gasteiger partial charge in [0.25, 0.3) is 0 Å². The SMILES string of the molecule is CC(OCC1(c2ccccc2)CCNCC1)c1cc(Br)cc(C(F)(F)F)c1. The summed E-state index contributed by atoms with van der Waals surface area (Å²) in [5, 5.41) is 3.37. The maximum Gasteiger partial charge on any atom is 0.416 e. The number of halogens is 4. The minimum atomic E-state index is -4.38. The largest absolute Gasteiger partial charge is 0.416 e. The number of rotatable bonds is 5. The van der Waals surface area contributed by atoms with Crippen molar-refractivity contribution in [2.75, 3.05) is 19.7 Å². The van der Waals surface area contributed by atoms with Crippen molar-refractivity contribution in [3.63, 3.8) is 0 Å². The van der Waals surface area contributed by atoms with E-state index in [-0.39, 0.29) is 5.41 Å². The zero-order valence-electron chi connectivity index (χ0n) is 15.2. The van der Waals surface area contributed by atoms with E-state index >= 15 is 0 Å². The summed E-state index contributed by atoms with van der Waals surface area (Å²) in [6.45, 7) is 4.10. The van der Waals surface area contributed by atoms with E-state index in [4.69, 9.17) is 4.74 Å². The lowest BCUT2D eigenvalue weighted by Crippen LogP contribution is -2.43. The van der Waals surface area contributed by atoms with Crippen LogP contribution in [0.5, 0.6) is 0 Å². The predicted molar refractivity (Wildman–Crippen MR) is 104 cm³/mol. The van der Waals surface area contributed by atoms with Crippen LogP contribution in [0.2, 0.25) is 0 Å². The molecule has 0 saturated carbocycles. The Hall–Kier alpha value is -1.37. The molecule has 3 rings (SSSR count). The fraction of sp³-hybridized carbons (Fsp3) is 0.429. The molecule has 1 fully saturated rings. The summed E-state index contributed by atoms with van der Waals surface area (Å²) in [6, 6.07) is 14.2. The zero-order chi connectivity index (χ0) is 19.5. The molecule has 2 aromatic carbocycles. The summed E-state index contributed by atoms with van der Waals surface area (Å²) in [4.78, 5) is 0. The smallest absolute Gasteiger partial charge is 0.373 e. The molecule has 6 heteroatoms. The third-order valence-electron chi connectivity index (χ3n) is 5.27. The first-order chi connectivity index (χ1) is 12.8. The van der Waals surface area contributed by atoms with Gasteiger partial charge in [0.2, 0.25) is 0 Å². The fourth-order valence-electron chi connectivity index (χ4n) is 3.60. The van der Waals surface area contributed by atoms with Gasteiger partial charge >= 0.3 is 6.18 Å². The second kappa shape index (κ2) is 8.33. The van der Waals surface area contributed by atoms with Gasteiger partial charge in [-0.15, -0.1) is 0 Å². The Labute approximate surface area is 166 Å². The monoisotopic (exact) mass is 441 g/mol. The molecule has 1 heterocycles. The topological polar surface area (TPSA) is 21.3 Å². The molecule has 2 nitrogen and oxygen atoms in total. The van der Waals surface area contributed by atoms with E-state index in [2.05, 4.69) is 33.4 Å². The third-order valence-corrected chi connectivity index (χ3v) is 5.73. The molecule has 27 heavy (non-hydrogen) atoms. The number of hydrogen-bond acceptors (Lipinski definition) is 2. The molecule has 1 saturated heterocycles. The molecule has 2 aromatic rings. The molecule has 1 aliphatic heterocycles. The highest BCUT2D eigenvalue weighted by Crippen LogP contribution is 2.37. The molecular weight excluding hydrogens is 419 g/mol. The first-order valence-corrected chi connectivity index (χ1v) is 9.85. The van der Waals surface area contributed by atoms with E-state index in [1.165, 1.54) is 11.6 Å². The van der Waals surface area contributed by atoms with Crippen LogP contribution < -0.4 is 5.32 Å². The third kappa shape index (κ3) is 4.92. The Balaban J connectivity index is 1.79. The van der Waals surface area contributed by atoms with Crippen molar-refractivity contribution >= 4 is 15.9 Å². The molecular formula is C21H23BrF3NO. The van der Waals surface area contributed by atoms with E-state index in [1.54, 1.807) is 6.07 Å². The lowest BCUT2D eigenvalue weighted by atomic mass is 9.74. The van der Waals surface area contributed by atoms with Gasteiger partial charge in [-0.2, -0.15) is 13.2 Å². The molecule has 1 atom stereocenters. The van der Waals surface area contributed by atoms with Crippen LogP contribution in [-0.2, 0) is 16.3 Å². The molecule has 1 aliphatic rings. The normalized spacial score (nSPS) is 18.3. The van der Waals surface area contributed by atoms with E-state index in [0.29, 0.717) is 16.6 Å². The lowest BCUT2D eigenvalue weighted by Gasteiger charge is -2.38. The van der Waals surface area contributed by atoms with Gasteiger partial charge in [0, 0.05) is 9.89 Å². The molecule has 0 radical (unpaired) electrons. The van der Waals surface area contributed by atoms with Crippen molar-refractivity contribution in [1.82, 2.24) is 5.32 Å². The number of ether oxygens (including phenoxy) is 1. The summed E-state index contributed by atoms with van der Waals surface area (Å²) in [5.41, 5.74) is 0.972. The van der Waals surface area contributed by atoms with Gasteiger partial charge in [-0.1, -0.05) is 46.3 Å². The first-order valence-electron chi connectivity index (χ1n) is 9.06. The van der Waals surface area contributed by atoms with Gasteiger partial charge in [-0.05, 0) is 62.2 Å². The standard InChI is InChI=1S/C21H23BrF3NO/c1-15(16-11-18(21(23,24)25)13-19(22)12-16)27-14-20(7-9-26-10-8-20)17-5-3-2-4-6-17/h2-6,11-13,15,26H,7-10,14H2,1H3. The molecule has 0 aliphatic carbocycles. The van der Waals surface area contributed by atoms with E-state index in [9.17, 15) is 13.2 Å². The Kier molecular flexibility index (Phi) is 6.28. The number of hydrogen-bond donors (Lipinski definition) is 1. The average Bonchev–Trinajstić information content (AvgIpc) is 2.66. The summed E-state index contributed by atoms with van der Waals surface area (Å²) in [6.07, 6.45) is -2.93. The van der Waals surface area contributed by atoms with Gasteiger partial charge in [-0.3, -0.25) is 0 Å². The molecule has 1 N–H and O–H groups in total. The van der Waals surface area contributed by atoms with Crippen LogP contribution in [0.3, 0.4) is 0 Å². The van der Waals surface area contributed by atoms with Crippen molar-refractivity contribution in [3.05, 3.63) is 69.7 Å². The number of nitrogens with one attached hydrogen (secondary N) is 1. The molecule has 0 aromatic heterocycles. The van der Waals surface area contributed by atoms with Crippen LogP contribution in [-0.4, -0.2) is 19.7 Å². The Morgan fingerprint density at radius 3 is 2.41 bits per heavy atom. The van der Waals surface area contributed by atoms with Gasteiger partial charge in [0.15, 0.2) is 0 Å². The molecule has 0 bridgehead atoms. The van der Waals surface area contributed by atoms with Crippen molar-refractivity contribution in [1.29, 1.82) is 0 Å². The van der Waals surface area contributed by atoms with E-state index < -0.39 is 17.8 Å². The van der Waals surface area contributed by atoms with Crippen molar-refractivity contribution in [2.45, 2.75) is 37.5 Å². The average molecular weight is 442 g/mol. The first kappa shape index (κ1) is 20.4. The lowest BCUT2D eigenvalue weighted by molar-refractivity contribution is -0.137.